The molecule has 0 heterocycles. The van der Waals surface area contributed by atoms with Gasteiger partial charge in [0.1, 0.15) is 5.75 Å². The molecule has 6 nitrogen and oxygen atoms in total. The van der Waals surface area contributed by atoms with Gasteiger partial charge in [-0.3, -0.25) is 25.8 Å². The van der Waals surface area contributed by atoms with Gasteiger partial charge in [-0.15, -0.1) is 0 Å². The fraction of sp³-hybridized carbons (Fsp3) is 0.348. The minimum Gasteiger partial charge on any atom is -0.491 e. The minimum atomic E-state index is -0.397. The summed E-state index contributed by atoms with van der Waals surface area (Å²) in [6.07, 6.45) is 0.919. The molecule has 2 amide bonds. The second-order valence-corrected chi connectivity index (χ2v) is 8.46. The smallest absolute Gasteiger partial charge is 0.269 e. The monoisotopic (exact) mass is 427 g/mol. The Morgan fingerprint density at radius 2 is 1.67 bits per heavy atom. The van der Waals surface area contributed by atoms with Gasteiger partial charge in [0.05, 0.1) is 6.10 Å². The van der Waals surface area contributed by atoms with E-state index in [1.165, 1.54) is 0 Å². The van der Waals surface area contributed by atoms with Crippen LogP contribution >= 0.6 is 12.2 Å². The van der Waals surface area contributed by atoms with Gasteiger partial charge in [-0.2, -0.15) is 0 Å². The molecule has 2 rings (SSSR count). The lowest BCUT2D eigenvalue weighted by Gasteiger charge is -2.19. The standard InChI is InChI=1S/C23H29N3O3S/c1-6-15(2)29-19-9-7-8-17(14-19)20(27)24-22(30)26-25-21(28)16-10-12-18(13-11-16)23(3,4)5/h7-15H,6H2,1-5H3,(H,25,28)(H2,24,26,27,30). The van der Waals surface area contributed by atoms with Crippen LogP contribution in [0.4, 0.5) is 0 Å². The fourth-order valence-corrected chi connectivity index (χ4v) is 2.68. The van der Waals surface area contributed by atoms with Crippen molar-refractivity contribution in [2.45, 2.75) is 52.6 Å². The molecule has 2 aromatic rings. The van der Waals surface area contributed by atoms with Crippen LogP contribution in [0.2, 0.25) is 0 Å². The van der Waals surface area contributed by atoms with E-state index in [0.29, 0.717) is 16.9 Å². The lowest BCUT2D eigenvalue weighted by molar-refractivity contribution is 0.0934. The van der Waals surface area contributed by atoms with E-state index in [2.05, 4.69) is 36.9 Å². The highest BCUT2D eigenvalue weighted by Crippen LogP contribution is 2.22. The van der Waals surface area contributed by atoms with Gasteiger partial charge >= 0.3 is 0 Å². The van der Waals surface area contributed by atoms with Crippen molar-refractivity contribution in [2.24, 2.45) is 0 Å². The quantitative estimate of drug-likeness (QED) is 0.494. The molecule has 0 aliphatic carbocycles. The van der Waals surface area contributed by atoms with E-state index in [1.807, 2.05) is 26.0 Å². The average molecular weight is 428 g/mol. The number of amides is 2. The Morgan fingerprint density at radius 1 is 1.00 bits per heavy atom. The molecule has 0 spiro atoms. The summed E-state index contributed by atoms with van der Waals surface area (Å²) in [7, 11) is 0. The molecule has 0 radical (unpaired) electrons. The van der Waals surface area contributed by atoms with Crippen LogP contribution in [-0.2, 0) is 5.41 Å². The van der Waals surface area contributed by atoms with E-state index in [0.717, 1.165) is 12.0 Å². The number of hydrogen-bond acceptors (Lipinski definition) is 4. The van der Waals surface area contributed by atoms with Crippen molar-refractivity contribution >= 4 is 29.1 Å². The molecule has 0 saturated heterocycles. The summed E-state index contributed by atoms with van der Waals surface area (Å²) in [5.74, 6) is -0.134. The van der Waals surface area contributed by atoms with Gasteiger partial charge < -0.3 is 4.74 Å². The van der Waals surface area contributed by atoms with E-state index >= 15 is 0 Å². The van der Waals surface area contributed by atoms with Crippen molar-refractivity contribution in [3.8, 4) is 5.75 Å². The lowest BCUT2D eigenvalue weighted by Crippen LogP contribution is -2.48. The predicted molar refractivity (Wildman–Crippen MR) is 123 cm³/mol. The first-order valence-corrected chi connectivity index (χ1v) is 10.3. The largest absolute Gasteiger partial charge is 0.491 e. The Morgan fingerprint density at radius 3 is 2.27 bits per heavy atom. The molecule has 0 aromatic heterocycles. The van der Waals surface area contributed by atoms with Crippen LogP contribution in [0, 0.1) is 0 Å². The molecule has 1 atom stereocenters. The predicted octanol–water partition coefficient (Wildman–Crippen LogP) is 4.11. The third-order valence-corrected chi connectivity index (χ3v) is 4.74. The van der Waals surface area contributed by atoms with E-state index in [9.17, 15) is 9.59 Å². The van der Waals surface area contributed by atoms with Crippen molar-refractivity contribution in [1.29, 1.82) is 0 Å². The Bertz CT molecular complexity index is 905. The van der Waals surface area contributed by atoms with Gasteiger partial charge in [-0.05, 0) is 66.9 Å². The highest BCUT2D eigenvalue weighted by molar-refractivity contribution is 7.80. The summed E-state index contributed by atoms with van der Waals surface area (Å²) in [6.45, 7) is 10.3. The number of carbonyl (C=O) groups excluding carboxylic acids is 2. The van der Waals surface area contributed by atoms with Gasteiger partial charge in [0.15, 0.2) is 5.11 Å². The molecular weight excluding hydrogens is 398 g/mol. The number of carbonyl (C=O) groups is 2. The van der Waals surface area contributed by atoms with Crippen LogP contribution in [0.15, 0.2) is 48.5 Å². The van der Waals surface area contributed by atoms with Crippen LogP contribution in [0.25, 0.3) is 0 Å². The minimum absolute atomic E-state index is 0.00657. The topological polar surface area (TPSA) is 79.5 Å². The summed E-state index contributed by atoms with van der Waals surface area (Å²) in [5.41, 5.74) is 7.08. The van der Waals surface area contributed by atoms with Crippen LogP contribution in [0.1, 0.15) is 67.3 Å². The molecule has 0 saturated carbocycles. The first kappa shape index (κ1) is 23.3. The molecule has 0 bridgehead atoms. The Balaban J connectivity index is 1.89. The van der Waals surface area contributed by atoms with Crippen LogP contribution < -0.4 is 20.9 Å². The number of nitrogens with one attached hydrogen (secondary N) is 3. The zero-order valence-electron chi connectivity index (χ0n) is 18.0. The number of ether oxygens (including phenoxy) is 1. The maximum atomic E-state index is 12.4. The highest BCUT2D eigenvalue weighted by atomic mass is 32.1. The second-order valence-electron chi connectivity index (χ2n) is 8.05. The first-order valence-electron chi connectivity index (χ1n) is 9.89. The number of hydrogen-bond donors (Lipinski definition) is 3. The third-order valence-electron chi connectivity index (χ3n) is 4.54. The number of rotatable bonds is 5. The number of benzene rings is 2. The van der Waals surface area contributed by atoms with Crippen molar-refractivity contribution in [1.82, 2.24) is 16.2 Å². The van der Waals surface area contributed by atoms with Crippen LogP contribution in [0.5, 0.6) is 5.75 Å². The van der Waals surface area contributed by atoms with Gasteiger partial charge in [-0.25, -0.2) is 0 Å². The molecule has 1 unspecified atom stereocenters. The van der Waals surface area contributed by atoms with Crippen LogP contribution in [-0.4, -0.2) is 23.0 Å². The third kappa shape index (κ3) is 6.84. The van der Waals surface area contributed by atoms with Gasteiger partial charge in [-0.1, -0.05) is 45.9 Å². The van der Waals surface area contributed by atoms with Crippen molar-refractivity contribution in [3.05, 3.63) is 65.2 Å². The number of thiocarbonyl (C=S) groups is 1. The van der Waals surface area contributed by atoms with E-state index in [1.54, 1.807) is 36.4 Å². The molecule has 7 heteroatoms. The molecule has 160 valence electrons. The maximum Gasteiger partial charge on any atom is 0.269 e. The highest BCUT2D eigenvalue weighted by Gasteiger charge is 2.15. The fourth-order valence-electron chi connectivity index (χ4n) is 2.54. The Kier molecular flexibility index (Phi) is 7.94. The number of hydrazine groups is 1. The molecule has 30 heavy (non-hydrogen) atoms. The molecule has 0 fully saturated rings. The molecule has 2 aromatic carbocycles. The lowest BCUT2D eigenvalue weighted by atomic mass is 9.87. The molecule has 3 N–H and O–H groups in total. The van der Waals surface area contributed by atoms with Crippen molar-refractivity contribution < 1.29 is 14.3 Å². The maximum absolute atomic E-state index is 12.4. The summed E-state index contributed by atoms with van der Waals surface area (Å²) < 4.78 is 5.73. The van der Waals surface area contributed by atoms with Gasteiger partial charge in [0.2, 0.25) is 0 Å². The van der Waals surface area contributed by atoms with Crippen LogP contribution in [0.3, 0.4) is 0 Å². The molecule has 0 aliphatic rings. The summed E-state index contributed by atoms with van der Waals surface area (Å²) in [5, 5.41) is 2.53. The second kappa shape index (κ2) is 10.2. The van der Waals surface area contributed by atoms with E-state index in [4.69, 9.17) is 17.0 Å². The van der Waals surface area contributed by atoms with E-state index < -0.39 is 5.91 Å². The first-order chi connectivity index (χ1) is 14.1. The Labute approximate surface area is 183 Å². The van der Waals surface area contributed by atoms with Gasteiger partial charge in [0, 0.05) is 11.1 Å². The average Bonchev–Trinajstić information content (AvgIpc) is 2.71. The summed E-state index contributed by atoms with van der Waals surface area (Å²) in [4.78, 5) is 24.7. The zero-order chi connectivity index (χ0) is 22.3. The van der Waals surface area contributed by atoms with Crippen molar-refractivity contribution in [2.75, 3.05) is 0 Å². The summed E-state index contributed by atoms with van der Waals surface area (Å²) >= 11 is 5.10. The Hall–Kier alpha value is -2.93. The van der Waals surface area contributed by atoms with Gasteiger partial charge in [0.25, 0.3) is 11.8 Å². The zero-order valence-corrected chi connectivity index (χ0v) is 18.9. The summed E-state index contributed by atoms with van der Waals surface area (Å²) in [6, 6.07) is 14.2. The SMILES string of the molecule is CCC(C)Oc1cccc(C(=O)NC(=S)NNC(=O)c2ccc(C(C)(C)C)cc2)c1. The van der Waals surface area contributed by atoms with E-state index in [-0.39, 0.29) is 22.5 Å². The molecular formula is C23H29N3O3S. The normalized spacial score (nSPS) is 11.9. The van der Waals surface area contributed by atoms with Crippen molar-refractivity contribution in [3.63, 3.8) is 0 Å². The molecule has 0 aliphatic heterocycles.